The number of likely N-dealkylation sites (tertiary alicyclic amines) is 2. The fourth-order valence-electron chi connectivity index (χ4n) is 3.90. The minimum absolute atomic E-state index is 0.172. The number of carbonyl (C=O) groups excluding carboxylic acids is 1. The smallest absolute Gasteiger partial charge is 0.283 e. The Bertz CT molecular complexity index is 696. The van der Waals surface area contributed by atoms with Crippen molar-refractivity contribution in [1.29, 1.82) is 0 Å². The van der Waals surface area contributed by atoms with E-state index in [1.54, 1.807) is 18.4 Å². The minimum Gasteiger partial charge on any atom is -0.459 e. The molecular weight excluding hydrogens is 332 g/mol. The normalized spacial score (nSPS) is 20.2. The van der Waals surface area contributed by atoms with Gasteiger partial charge >= 0.3 is 0 Å². The number of furan rings is 1. The number of nitrogens with zero attached hydrogens (tertiary/aromatic N) is 4. The van der Waals surface area contributed by atoms with Crippen LogP contribution in [0.3, 0.4) is 0 Å². The first-order valence-electron chi connectivity index (χ1n) is 9.67. The third-order valence-corrected chi connectivity index (χ3v) is 5.41. The summed E-state index contributed by atoms with van der Waals surface area (Å²) in [4.78, 5) is 17.1. The molecule has 0 spiro atoms. The van der Waals surface area contributed by atoms with Crippen LogP contribution in [0.2, 0.25) is 0 Å². The third kappa shape index (κ3) is 3.98. The Hall–Kier alpha value is -2.15. The molecule has 140 valence electrons. The monoisotopic (exact) mass is 358 g/mol. The van der Waals surface area contributed by atoms with Gasteiger partial charge in [-0.1, -0.05) is 12.8 Å². The van der Waals surface area contributed by atoms with E-state index in [0.29, 0.717) is 30.0 Å². The van der Waals surface area contributed by atoms with Gasteiger partial charge in [0.25, 0.3) is 5.89 Å². The molecule has 0 aliphatic carbocycles. The van der Waals surface area contributed by atoms with Gasteiger partial charge < -0.3 is 13.7 Å². The number of amides is 1. The third-order valence-electron chi connectivity index (χ3n) is 5.41. The van der Waals surface area contributed by atoms with Gasteiger partial charge in [-0.05, 0) is 50.9 Å². The van der Waals surface area contributed by atoms with Crippen molar-refractivity contribution in [1.82, 2.24) is 20.0 Å². The van der Waals surface area contributed by atoms with Crippen molar-refractivity contribution >= 4 is 5.91 Å². The molecule has 4 rings (SSSR count). The average molecular weight is 358 g/mol. The van der Waals surface area contributed by atoms with Crippen LogP contribution in [0.5, 0.6) is 0 Å². The minimum atomic E-state index is 0.172. The molecule has 1 amide bonds. The fourth-order valence-corrected chi connectivity index (χ4v) is 3.90. The van der Waals surface area contributed by atoms with Crippen LogP contribution in [0.4, 0.5) is 0 Å². The summed E-state index contributed by atoms with van der Waals surface area (Å²) in [7, 11) is 0. The van der Waals surface area contributed by atoms with Gasteiger partial charge in [0, 0.05) is 19.0 Å². The Kier molecular flexibility index (Phi) is 5.34. The van der Waals surface area contributed by atoms with E-state index in [1.165, 1.54) is 12.8 Å². The zero-order valence-electron chi connectivity index (χ0n) is 15.1. The molecule has 7 heteroatoms. The second kappa shape index (κ2) is 8.03. The van der Waals surface area contributed by atoms with Gasteiger partial charge in [0.2, 0.25) is 11.8 Å². The first-order chi connectivity index (χ1) is 12.8. The number of aromatic nitrogens is 2. The van der Waals surface area contributed by atoms with E-state index in [2.05, 4.69) is 20.0 Å². The van der Waals surface area contributed by atoms with Crippen LogP contribution in [-0.2, 0) is 11.3 Å². The van der Waals surface area contributed by atoms with Crippen LogP contribution in [0, 0.1) is 5.92 Å². The van der Waals surface area contributed by atoms with Crippen molar-refractivity contribution in [3.63, 3.8) is 0 Å². The van der Waals surface area contributed by atoms with Gasteiger partial charge in [-0.15, -0.1) is 10.2 Å². The molecule has 0 N–H and O–H groups in total. The van der Waals surface area contributed by atoms with Crippen molar-refractivity contribution < 1.29 is 13.6 Å². The van der Waals surface area contributed by atoms with Crippen molar-refractivity contribution in [3.8, 4) is 11.7 Å². The van der Waals surface area contributed by atoms with Gasteiger partial charge in [0.1, 0.15) is 0 Å². The van der Waals surface area contributed by atoms with Gasteiger partial charge in [-0.2, -0.15) is 0 Å². The molecule has 26 heavy (non-hydrogen) atoms. The van der Waals surface area contributed by atoms with E-state index in [0.717, 1.165) is 51.9 Å². The lowest BCUT2D eigenvalue weighted by Gasteiger charge is -2.33. The molecular formula is C19H26N4O3. The molecule has 2 aliphatic rings. The largest absolute Gasteiger partial charge is 0.459 e. The Balaban J connectivity index is 1.28. The molecule has 0 bridgehead atoms. The molecule has 0 saturated carbocycles. The van der Waals surface area contributed by atoms with Crippen molar-refractivity contribution in [3.05, 3.63) is 24.3 Å². The highest BCUT2D eigenvalue weighted by molar-refractivity contribution is 5.79. The zero-order valence-corrected chi connectivity index (χ0v) is 15.1. The van der Waals surface area contributed by atoms with Crippen LogP contribution in [-0.4, -0.2) is 52.1 Å². The van der Waals surface area contributed by atoms with Crippen LogP contribution in [0.25, 0.3) is 11.7 Å². The molecule has 2 saturated heterocycles. The lowest BCUT2D eigenvalue weighted by Crippen LogP contribution is -2.42. The van der Waals surface area contributed by atoms with E-state index >= 15 is 0 Å². The molecule has 0 unspecified atom stereocenters. The maximum Gasteiger partial charge on any atom is 0.283 e. The molecule has 0 aromatic carbocycles. The summed E-state index contributed by atoms with van der Waals surface area (Å²) in [5.74, 6) is 2.13. The number of piperidine rings is 1. The molecule has 4 heterocycles. The summed E-state index contributed by atoms with van der Waals surface area (Å²) in [6.45, 7) is 4.29. The summed E-state index contributed by atoms with van der Waals surface area (Å²) in [6, 6.07) is 3.60. The van der Waals surface area contributed by atoms with E-state index in [9.17, 15) is 4.79 Å². The number of hydrogen-bond acceptors (Lipinski definition) is 6. The van der Waals surface area contributed by atoms with Crippen LogP contribution in [0.15, 0.2) is 27.2 Å². The number of carbonyl (C=O) groups is 1. The average Bonchev–Trinajstić information content (AvgIpc) is 3.28. The van der Waals surface area contributed by atoms with E-state index in [1.807, 2.05) is 0 Å². The maximum atomic E-state index is 12.8. The molecule has 7 nitrogen and oxygen atoms in total. The van der Waals surface area contributed by atoms with Gasteiger partial charge in [0.15, 0.2) is 5.76 Å². The Morgan fingerprint density at radius 3 is 2.54 bits per heavy atom. The van der Waals surface area contributed by atoms with Crippen molar-refractivity contribution in [2.75, 3.05) is 26.2 Å². The summed E-state index contributed by atoms with van der Waals surface area (Å²) in [5, 5.41) is 8.15. The van der Waals surface area contributed by atoms with Crippen LogP contribution >= 0.6 is 0 Å². The van der Waals surface area contributed by atoms with Gasteiger partial charge in [-0.3, -0.25) is 9.69 Å². The summed E-state index contributed by atoms with van der Waals surface area (Å²) in [5.41, 5.74) is 0. The van der Waals surface area contributed by atoms with Crippen molar-refractivity contribution in [2.45, 2.75) is 45.1 Å². The van der Waals surface area contributed by atoms with Gasteiger partial charge in [-0.25, -0.2) is 0 Å². The summed E-state index contributed by atoms with van der Waals surface area (Å²) >= 11 is 0. The number of rotatable bonds is 4. The Morgan fingerprint density at radius 2 is 1.85 bits per heavy atom. The molecule has 2 aromatic heterocycles. The SMILES string of the molecule is O=C(C1CCN(Cc2nnc(-c3ccco3)o2)CC1)N1CCCCCC1. The predicted molar refractivity (Wildman–Crippen MR) is 95.0 cm³/mol. The van der Waals surface area contributed by atoms with E-state index in [4.69, 9.17) is 8.83 Å². The van der Waals surface area contributed by atoms with Crippen LogP contribution in [0.1, 0.15) is 44.4 Å². The number of hydrogen-bond donors (Lipinski definition) is 0. The highest BCUT2D eigenvalue weighted by atomic mass is 16.4. The fraction of sp³-hybridized carbons (Fsp3) is 0.632. The molecule has 0 atom stereocenters. The lowest BCUT2D eigenvalue weighted by atomic mass is 9.95. The Labute approximate surface area is 153 Å². The lowest BCUT2D eigenvalue weighted by molar-refractivity contribution is -0.137. The molecule has 2 aromatic rings. The van der Waals surface area contributed by atoms with Crippen LogP contribution < -0.4 is 0 Å². The predicted octanol–water partition coefficient (Wildman–Crippen LogP) is 2.94. The highest BCUT2D eigenvalue weighted by Gasteiger charge is 2.29. The second-order valence-electron chi connectivity index (χ2n) is 7.27. The maximum absolute atomic E-state index is 12.8. The molecule has 0 radical (unpaired) electrons. The highest BCUT2D eigenvalue weighted by Crippen LogP contribution is 2.24. The Morgan fingerprint density at radius 1 is 1.08 bits per heavy atom. The summed E-state index contributed by atoms with van der Waals surface area (Å²) < 4.78 is 11.0. The second-order valence-corrected chi connectivity index (χ2v) is 7.27. The molecule has 2 aliphatic heterocycles. The zero-order chi connectivity index (χ0) is 17.8. The van der Waals surface area contributed by atoms with Gasteiger partial charge in [0.05, 0.1) is 12.8 Å². The van der Waals surface area contributed by atoms with Crippen molar-refractivity contribution in [2.24, 2.45) is 5.92 Å². The molecule has 2 fully saturated rings. The summed E-state index contributed by atoms with van der Waals surface area (Å²) in [6.07, 6.45) is 8.23. The van der Waals surface area contributed by atoms with E-state index < -0.39 is 0 Å². The van der Waals surface area contributed by atoms with E-state index in [-0.39, 0.29) is 5.92 Å². The topological polar surface area (TPSA) is 75.6 Å². The first kappa shape index (κ1) is 17.3. The standard InChI is InChI=1S/C19H26N4O3/c24-19(23-9-3-1-2-4-10-23)15-7-11-22(12-8-15)14-17-20-21-18(26-17)16-6-5-13-25-16/h5-6,13,15H,1-4,7-12,14H2. The quantitative estimate of drug-likeness (QED) is 0.836. The first-order valence-corrected chi connectivity index (χ1v) is 9.67.